The molecule has 204 valence electrons. The molecule has 3 aromatic carbocycles. The fourth-order valence-electron chi connectivity index (χ4n) is 3.30. The molecule has 11 heteroatoms. The molecule has 0 fully saturated rings. The molecule has 0 unspecified atom stereocenters. The van der Waals surface area contributed by atoms with Crippen molar-refractivity contribution in [2.24, 2.45) is 5.10 Å². The molecule has 0 saturated heterocycles. The molecule has 0 bridgehead atoms. The Morgan fingerprint density at radius 1 is 0.974 bits per heavy atom. The first-order valence-electron chi connectivity index (χ1n) is 11.8. The SMILES string of the molecule is COC(=O)COc1cccc(/C=N\NC(=O)[C@H](Cc2ccccc2)NC(=O)[C@@H](C)Oc2ccc(Cl)cc2Cl)c1. The fourth-order valence-corrected chi connectivity index (χ4v) is 3.75. The summed E-state index contributed by atoms with van der Waals surface area (Å²) < 4.78 is 15.6. The second kappa shape index (κ2) is 14.8. The van der Waals surface area contributed by atoms with Gasteiger partial charge in [-0.2, -0.15) is 5.10 Å². The highest BCUT2D eigenvalue weighted by Crippen LogP contribution is 2.28. The lowest BCUT2D eigenvalue weighted by molar-refractivity contribution is -0.142. The van der Waals surface area contributed by atoms with Crippen molar-refractivity contribution in [3.8, 4) is 11.5 Å². The Labute approximate surface area is 236 Å². The predicted molar refractivity (Wildman–Crippen MR) is 148 cm³/mol. The van der Waals surface area contributed by atoms with Gasteiger partial charge in [-0.05, 0) is 48.4 Å². The summed E-state index contributed by atoms with van der Waals surface area (Å²) in [6.45, 7) is 1.31. The van der Waals surface area contributed by atoms with E-state index in [1.165, 1.54) is 19.4 Å². The van der Waals surface area contributed by atoms with E-state index >= 15 is 0 Å². The lowest BCUT2D eigenvalue weighted by atomic mass is 10.1. The lowest BCUT2D eigenvalue weighted by Gasteiger charge is -2.21. The number of amides is 2. The maximum atomic E-state index is 13.0. The van der Waals surface area contributed by atoms with E-state index in [0.29, 0.717) is 16.3 Å². The van der Waals surface area contributed by atoms with Crippen LogP contribution in [0, 0.1) is 0 Å². The first-order valence-corrected chi connectivity index (χ1v) is 12.6. The van der Waals surface area contributed by atoms with Crippen molar-refractivity contribution < 1.29 is 28.6 Å². The lowest BCUT2D eigenvalue weighted by Crippen LogP contribution is -2.50. The number of carbonyl (C=O) groups is 3. The van der Waals surface area contributed by atoms with Crippen molar-refractivity contribution in [2.75, 3.05) is 13.7 Å². The monoisotopic (exact) mass is 571 g/mol. The van der Waals surface area contributed by atoms with Crippen LogP contribution < -0.4 is 20.2 Å². The third kappa shape index (κ3) is 9.63. The van der Waals surface area contributed by atoms with Gasteiger partial charge in [0.15, 0.2) is 12.7 Å². The summed E-state index contributed by atoms with van der Waals surface area (Å²) in [6, 6.07) is 19.7. The van der Waals surface area contributed by atoms with Crippen LogP contribution in [0.25, 0.3) is 0 Å². The number of halogens is 2. The number of hydrazone groups is 1. The Balaban J connectivity index is 1.66. The van der Waals surface area contributed by atoms with Crippen molar-refractivity contribution in [1.29, 1.82) is 0 Å². The summed E-state index contributed by atoms with van der Waals surface area (Å²) in [6.07, 6.45) is 0.684. The minimum Gasteiger partial charge on any atom is -0.482 e. The number of hydrogen-bond donors (Lipinski definition) is 2. The molecule has 0 heterocycles. The number of benzene rings is 3. The van der Waals surface area contributed by atoms with Crippen LogP contribution in [-0.2, 0) is 25.5 Å². The number of ether oxygens (including phenoxy) is 3. The van der Waals surface area contributed by atoms with Gasteiger partial charge in [-0.15, -0.1) is 0 Å². The van der Waals surface area contributed by atoms with Gasteiger partial charge in [0.05, 0.1) is 18.3 Å². The topological polar surface area (TPSA) is 115 Å². The van der Waals surface area contributed by atoms with Crippen LogP contribution in [0.4, 0.5) is 0 Å². The normalized spacial score (nSPS) is 12.3. The molecule has 2 N–H and O–H groups in total. The highest BCUT2D eigenvalue weighted by molar-refractivity contribution is 6.35. The van der Waals surface area contributed by atoms with Crippen LogP contribution in [0.15, 0.2) is 77.9 Å². The average Bonchev–Trinajstić information content (AvgIpc) is 2.93. The van der Waals surface area contributed by atoms with Crippen LogP contribution in [0.5, 0.6) is 11.5 Å². The average molecular weight is 572 g/mol. The van der Waals surface area contributed by atoms with Gasteiger partial charge < -0.3 is 19.5 Å². The smallest absolute Gasteiger partial charge is 0.343 e. The number of nitrogens with zero attached hydrogens (tertiary/aromatic N) is 1. The van der Waals surface area contributed by atoms with E-state index < -0.39 is 29.9 Å². The number of methoxy groups -OCH3 is 1. The Bertz CT molecular complexity index is 1320. The first-order chi connectivity index (χ1) is 18.7. The molecule has 9 nitrogen and oxygen atoms in total. The van der Waals surface area contributed by atoms with Gasteiger partial charge in [-0.3, -0.25) is 9.59 Å². The maximum Gasteiger partial charge on any atom is 0.343 e. The maximum absolute atomic E-state index is 13.0. The van der Waals surface area contributed by atoms with Gasteiger partial charge in [-0.1, -0.05) is 65.7 Å². The third-order valence-electron chi connectivity index (χ3n) is 5.31. The standard InChI is InChI=1S/C28H27Cl2N3O6/c1-18(39-25-12-11-21(29)15-23(25)30)27(35)32-24(14-19-7-4-3-5-8-19)28(36)33-31-16-20-9-6-10-22(13-20)38-17-26(34)37-2/h3-13,15-16,18,24H,14,17H2,1-2H3,(H,32,35)(H,33,36)/b31-16-/t18-,24+/m1/s1. The van der Waals surface area contributed by atoms with Crippen molar-refractivity contribution in [2.45, 2.75) is 25.5 Å². The summed E-state index contributed by atoms with van der Waals surface area (Å²) in [5.74, 6) is -0.839. The van der Waals surface area contributed by atoms with E-state index in [1.807, 2.05) is 30.3 Å². The predicted octanol–water partition coefficient (Wildman–Crippen LogP) is 4.19. The Morgan fingerprint density at radius 3 is 2.46 bits per heavy atom. The zero-order chi connectivity index (χ0) is 28.2. The summed E-state index contributed by atoms with van der Waals surface area (Å²) in [5, 5.41) is 7.43. The van der Waals surface area contributed by atoms with E-state index in [-0.39, 0.29) is 23.8 Å². The number of nitrogens with one attached hydrogen (secondary N) is 2. The molecule has 0 spiro atoms. The van der Waals surface area contributed by atoms with Crippen LogP contribution >= 0.6 is 23.2 Å². The molecular weight excluding hydrogens is 545 g/mol. The van der Waals surface area contributed by atoms with Crippen LogP contribution in [0.2, 0.25) is 10.0 Å². The Hall–Kier alpha value is -4.08. The Morgan fingerprint density at radius 2 is 1.74 bits per heavy atom. The largest absolute Gasteiger partial charge is 0.482 e. The molecule has 0 aliphatic rings. The molecule has 0 aliphatic carbocycles. The third-order valence-corrected chi connectivity index (χ3v) is 5.84. The summed E-state index contributed by atoms with van der Waals surface area (Å²) in [4.78, 5) is 37.2. The molecule has 3 rings (SSSR count). The molecule has 39 heavy (non-hydrogen) atoms. The second-order valence-electron chi connectivity index (χ2n) is 8.26. The van der Waals surface area contributed by atoms with Crippen LogP contribution in [-0.4, -0.2) is 49.9 Å². The van der Waals surface area contributed by atoms with Gasteiger partial charge >= 0.3 is 5.97 Å². The van der Waals surface area contributed by atoms with Gasteiger partial charge in [-0.25, -0.2) is 10.2 Å². The summed E-state index contributed by atoms with van der Waals surface area (Å²) >= 11 is 12.1. The quantitative estimate of drug-likeness (QED) is 0.191. The van der Waals surface area contributed by atoms with Crippen LogP contribution in [0.1, 0.15) is 18.1 Å². The van der Waals surface area contributed by atoms with E-state index in [9.17, 15) is 14.4 Å². The number of esters is 1. The molecule has 0 saturated carbocycles. The van der Waals surface area contributed by atoms with E-state index in [0.717, 1.165) is 5.56 Å². The number of carbonyl (C=O) groups excluding carboxylic acids is 3. The molecule has 0 aliphatic heterocycles. The number of rotatable bonds is 12. The fraction of sp³-hybridized carbons (Fsp3) is 0.214. The van der Waals surface area contributed by atoms with Crippen LogP contribution in [0.3, 0.4) is 0 Å². The second-order valence-corrected chi connectivity index (χ2v) is 9.10. The molecular formula is C28H27Cl2N3O6. The molecule has 2 amide bonds. The van der Waals surface area contributed by atoms with Crippen molar-refractivity contribution >= 4 is 47.2 Å². The van der Waals surface area contributed by atoms with E-state index in [2.05, 4.69) is 20.6 Å². The first kappa shape index (κ1) is 29.5. The minimum atomic E-state index is -0.953. The van der Waals surface area contributed by atoms with E-state index in [4.69, 9.17) is 32.7 Å². The molecule has 0 aromatic heterocycles. The van der Waals surface area contributed by atoms with Crippen molar-refractivity contribution in [3.63, 3.8) is 0 Å². The van der Waals surface area contributed by atoms with Crippen molar-refractivity contribution in [1.82, 2.24) is 10.7 Å². The highest BCUT2D eigenvalue weighted by atomic mass is 35.5. The molecule has 0 radical (unpaired) electrons. The zero-order valence-corrected chi connectivity index (χ0v) is 22.7. The Kier molecular flexibility index (Phi) is 11.1. The zero-order valence-electron chi connectivity index (χ0n) is 21.2. The molecule has 3 aromatic rings. The number of hydrogen-bond acceptors (Lipinski definition) is 7. The highest BCUT2D eigenvalue weighted by Gasteiger charge is 2.25. The minimum absolute atomic E-state index is 0.221. The summed E-state index contributed by atoms with van der Waals surface area (Å²) in [7, 11) is 1.27. The van der Waals surface area contributed by atoms with Gasteiger partial charge in [0, 0.05) is 11.4 Å². The van der Waals surface area contributed by atoms with Crippen molar-refractivity contribution in [3.05, 3.63) is 94.0 Å². The van der Waals surface area contributed by atoms with Gasteiger partial charge in [0.1, 0.15) is 17.5 Å². The van der Waals surface area contributed by atoms with Gasteiger partial charge in [0.2, 0.25) is 0 Å². The summed E-state index contributed by atoms with van der Waals surface area (Å²) in [5.41, 5.74) is 3.92. The van der Waals surface area contributed by atoms with Gasteiger partial charge in [0.25, 0.3) is 11.8 Å². The molecule has 2 atom stereocenters. The van der Waals surface area contributed by atoms with E-state index in [1.54, 1.807) is 43.3 Å².